The number of hydrogen-bond donors (Lipinski definition) is 1. The number of hydrogen-bond acceptors (Lipinski definition) is 4. The second kappa shape index (κ2) is 13.6. The molecule has 0 aliphatic carbocycles. The van der Waals surface area contributed by atoms with Crippen LogP contribution in [-0.2, 0) is 14.3 Å². The molecule has 1 aliphatic rings. The van der Waals surface area contributed by atoms with Crippen LogP contribution in [0.25, 0.3) is 0 Å². The molecular formula is C25H33NO4. The molecule has 1 aliphatic heterocycles. The quantitative estimate of drug-likeness (QED) is 0.260. The monoisotopic (exact) mass is 411 g/mol. The zero-order valence-corrected chi connectivity index (χ0v) is 17.9. The van der Waals surface area contributed by atoms with Gasteiger partial charge >= 0.3 is 5.97 Å². The molecule has 1 aromatic rings. The molecule has 0 unspecified atom stereocenters. The molecule has 162 valence electrons. The molecule has 2 atom stereocenters. The van der Waals surface area contributed by atoms with Crippen molar-refractivity contribution in [2.24, 2.45) is 0 Å². The van der Waals surface area contributed by atoms with Crippen molar-refractivity contribution < 1.29 is 19.4 Å². The number of rotatable bonds is 11. The molecule has 0 saturated carbocycles. The number of benzene rings is 1. The smallest absolute Gasteiger partial charge is 0.305 e. The Morgan fingerprint density at radius 3 is 2.80 bits per heavy atom. The molecule has 1 heterocycles. The fourth-order valence-electron chi connectivity index (χ4n) is 3.51. The first-order valence-electron chi connectivity index (χ1n) is 10.9. The third-order valence-corrected chi connectivity index (χ3v) is 5.26. The number of aliphatic hydroxyl groups excluding tert-OH is 1. The van der Waals surface area contributed by atoms with Gasteiger partial charge in [0, 0.05) is 31.4 Å². The standard InChI is InChI=1S/C25H33NO4/c1-30-25(29)15-7-2-3-10-20-26-22(17-19-24(26)28)16-18-23(27)14-9-8-13-21-11-5-4-6-12-21/h4-6,11-12,16,18,22-23,27H,2-3,7,9-10,14-15,17,19-20H2,1H3/t22-,23+/m0/s1. The van der Waals surface area contributed by atoms with E-state index in [2.05, 4.69) is 16.6 Å². The lowest BCUT2D eigenvalue weighted by Gasteiger charge is -2.22. The van der Waals surface area contributed by atoms with E-state index in [1.807, 2.05) is 41.3 Å². The highest BCUT2D eigenvalue weighted by molar-refractivity contribution is 5.79. The van der Waals surface area contributed by atoms with Gasteiger partial charge in [-0.3, -0.25) is 9.59 Å². The number of carbonyl (C=O) groups excluding carboxylic acids is 2. The maximum absolute atomic E-state index is 12.2. The van der Waals surface area contributed by atoms with Crippen LogP contribution in [0.2, 0.25) is 0 Å². The largest absolute Gasteiger partial charge is 0.469 e. The van der Waals surface area contributed by atoms with Gasteiger partial charge in [-0.15, -0.1) is 0 Å². The summed E-state index contributed by atoms with van der Waals surface area (Å²) in [4.78, 5) is 25.2. The van der Waals surface area contributed by atoms with E-state index in [9.17, 15) is 14.7 Å². The van der Waals surface area contributed by atoms with Crippen LogP contribution in [0, 0.1) is 11.8 Å². The molecule has 1 N–H and O–H groups in total. The summed E-state index contributed by atoms with van der Waals surface area (Å²) in [6.45, 7) is 0.727. The van der Waals surface area contributed by atoms with E-state index in [-0.39, 0.29) is 17.9 Å². The van der Waals surface area contributed by atoms with Crippen LogP contribution in [0.15, 0.2) is 42.5 Å². The van der Waals surface area contributed by atoms with Gasteiger partial charge in [0.1, 0.15) is 0 Å². The van der Waals surface area contributed by atoms with Gasteiger partial charge in [-0.1, -0.05) is 55.0 Å². The average Bonchev–Trinajstić information content (AvgIpc) is 3.12. The SMILES string of the molecule is COC(=O)CCCCCCN1C(=O)CC[C@@H]1C=C[C@H](O)CCC#Cc1ccccc1. The molecule has 1 fully saturated rings. The molecule has 0 bridgehead atoms. The Hall–Kier alpha value is -2.58. The highest BCUT2D eigenvalue weighted by Crippen LogP contribution is 2.21. The van der Waals surface area contributed by atoms with Crippen molar-refractivity contribution in [1.82, 2.24) is 4.90 Å². The van der Waals surface area contributed by atoms with Crippen LogP contribution in [0.4, 0.5) is 0 Å². The maximum atomic E-state index is 12.2. The van der Waals surface area contributed by atoms with Crippen molar-refractivity contribution in [1.29, 1.82) is 0 Å². The van der Waals surface area contributed by atoms with Crippen LogP contribution in [0.5, 0.6) is 0 Å². The van der Waals surface area contributed by atoms with Crippen LogP contribution in [0.3, 0.4) is 0 Å². The molecule has 5 nitrogen and oxygen atoms in total. The van der Waals surface area contributed by atoms with Gasteiger partial charge in [0.05, 0.1) is 19.3 Å². The lowest BCUT2D eigenvalue weighted by Crippen LogP contribution is -2.32. The summed E-state index contributed by atoms with van der Waals surface area (Å²) < 4.78 is 4.64. The second-order valence-electron chi connectivity index (χ2n) is 7.59. The topological polar surface area (TPSA) is 66.8 Å². The number of carbonyl (C=O) groups is 2. The minimum Gasteiger partial charge on any atom is -0.469 e. The fourth-order valence-corrected chi connectivity index (χ4v) is 3.51. The van der Waals surface area contributed by atoms with Crippen molar-refractivity contribution >= 4 is 11.9 Å². The summed E-state index contributed by atoms with van der Waals surface area (Å²) >= 11 is 0. The van der Waals surface area contributed by atoms with E-state index < -0.39 is 6.10 Å². The highest BCUT2D eigenvalue weighted by atomic mass is 16.5. The Bertz CT molecular complexity index is 747. The maximum Gasteiger partial charge on any atom is 0.305 e. The summed E-state index contributed by atoms with van der Waals surface area (Å²) in [5, 5.41) is 10.2. The van der Waals surface area contributed by atoms with Crippen molar-refractivity contribution in [2.45, 2.75) is 69.9 Å². The van der Waals surface area contributed by atoms with Crippen molar-refractivity contribution in [2.75, 3.05) is 13.7 Å². The lowest BCUT2D eigenvalue weighted by atomic mass is 10.1. The average molecular weight is 412 g/mol. The van der Waals surface area contributed by atoms with Gasteiger partial charge in [0.2, 0.25) is 5.91 Å². The zero-order chi connectivity index (χ0) is 21.6. The summed E-state index contributed by atoms with van der Waals surface area (Å²) in [6.07, 6.45) is 9.95. The van der Waals surface area contributed by atoms with Crippen LogP contribution in [0.1, 0.15) is 63.4 Å². The van der Waals surface area contributed by atoms with Crippen LogP contribution >= 0.6 is 0 Å². The molecule has 5 heteroatoms. The highest BCUT2D eigenvalue weighted by Gasteiger charge is 2.28. The van der Waals surface area contributed by atoms with Crippen molar-refractivity contribution in [3.8, 4) is 11.8 Å². The molecule has 0 aromatic heterocycles. The van der Waals surface area contributed by atoms with E-state index in [1.165, 1.54) is 7.11 Å². The summed E-state index contributed by atoms with van der Waals surface area (Å²) in [6, 6.07) is 9.87. The Morgan fingerprint density at radius 2 is 2.03 bits per heavy atom. The second-order valence-corrected chi connectivity index (χ2v) is 7.59. The third-order valence-electron chi connectivity index (χ3n) is 5.26. The first-order chi connectivity index (χ1) is 14.6. The first-order valence-corrected chi connectivity index (χ1v) is 10.9. The van der Waals surface area contributed by atoms with E-state index in [1.54, 1.807) is 6.08 Å². The van der Waals surface area contributed by atoms with E-state index in [0.717, 1.165) is 44.2 Å². The molecule has 1 aromatic carbocycles. The molecule has 0 radical (unpaired) electrons. The molecule has 0 spiro atoms. The number of methoxy groups -OCH3 is 1. The molecule has 1 amide bonds. The van der Waals surface area contributed by atoms with Crippen molar-refractivity contribution in [3.05, 3.63) is 48.0 Å². The predicted octanol–water partition coefficient (Wildman–Crippen LogP) is 3.85. The van der Waals surface area contributed by atoms with Crippen LogP contribution in [-0.4, -0.2) is 47.7 Å². The minimum absolute atomic E-state index is 0.0672. The number of likely N-dealkylation sites (tertiary alicyclic amines) is 1. The molecule has 2 rings (SSSR count). The normalized spacial score (nSPS) is 17.1. The number of aliphatic hydroxyl groups is 1. The van der Waals surface area contributed by atoms with Gasteiger partial charge in [0.15, 0.2) is 0 Å². The predicted molar refractivity (Wildman–Crippen MR) is 118 cm³/mol. The number of amides is 1. The van der Waals surface area contributed by atoms with Crippen molar-refractivity contribution in [3.63, 3.8) is 0 Å². The number of nitrogens with zero attached hydrogens (tertiary/aromatic N) is 1. The molecule has 30 heavy (non-hydrogen) atoms. The number of unbranched alkanes of at least 4 members (excludes halogenated alkanes) is 3. The van der Waals surface area contributed by atoms with Gasteiger partial charge in [0.25, 0.3) is 0 Å². The number of esters is 1. The first kappa shape index (κ1) is 23.7. The van der Waals surface area contributed by atoms with E-state index in [0.29, 0.717) is 25.7 Å². The van der Waals surface area contributed by atoms with Gasteiger partial charge in [-0.25, -0.2) is 0 Å². The Kier molecular flexibility index (Phi) is 10.7. The summed E-state index contributed by atoms with van der Waals surface area (Å²) in [5.41, 5.74) is 0.980. The zero-order valence-electron chi connectivity index (χ0n) is 17.9. The Balaban J connectivity index is 1.68. The third kappa shape index (κ3) is 8.84. The summed E-state index contributed by atoms with van der Waals surface area (Å²) in [5.74, 6) is 6.20. The van der Waals surface area contributed by atoms with Gasteiger partial charge in [-0.2, -0.15) is 0 Å². The fraction of sp³-hybridized carbons (Fsp3) is 0.520. The van der Waals surface area contributed by atoms with Gasteiger partial charge < -0.3 is 14.7 Å². The molecular weight excluding hydrogens is 378 g/mol. The minimum atomic E-state index is -0.550. The van der Waals surface area contributed by atoms with Crippen LogP contribution < -0.4 is 0 Å². The lowest BCUT2D eigenvalue weighted by molar-refractivity contribution is -0.140. The van der Waals surface area contributed by atoms with E-state index in [4.69, 9.17) is 0 Å². The van der Waals surface area contributed by atoms with E-state index >= 15 is 0 Å². The summed E-state index contributed by atoms with van der Waals surface area (Å²) in [7, 11) is 1.41. The molecule has 1 saturated heterocycles. The Morgan fingerprint density at radius 1 is 1.27 bits per heavy atom. The Labute approximate surface area is 180 Å². The van der Waals surface area contributed by atoms with Gasteiger partial charge in [-0.05, 0) is 37.8 Å². The number of ether oxygens (including phenoxy) is 1.